The molecule has 122 valence electrons. The van der Waals surface area contributed by atoms with E-state index in [4.69, 9.17) is 17.0 Å². The summed E-state index contributed by atoms with van der Waals surface area (Å²) in [6.45, 7) is 5.50. The molecule has 0 bridgehead atoms. The Bertz CT molecular complexity index is 823. The molecule has 1 aliphatic heterocycles. The van der Waals surface area contributed by atoms with Crippen LogP contribution >= 0.6 is 12.2 Å². The number of H-pyrrole nitrogens is 1. The van der Waals surface area contributed by atoms with Gasteiger partial charge in [-0.05, 0) is 50.3 Å². The number of hydrogen-bond donors (Lipinski definition) is 2. The van der Waals surface area contributed by atoms with E-state index < -0.39 is 0 Å². The SMILES string of the molecule is COc1ccc(-n2c3c(c(=O)[nH]c2=S)CN(C(C)C)CN3)cc1. The van der Waals surface area contributed by atoms with E-state index in [-0.39, 0.29) is 5.56 Å². The van der Waals surface area contributed by atoms with E-state index in [2.05, 4.69) is 29.0 Å². The largest absolute Gasteiger partial charge is 0.497 e. The van der Waals surface area contributed by atoms with E-state index in [1.54, 1.807) is 7.11 Å². The van der Waals surface area contributed by atoms with Crippen molar-refractivity contribution in [2.45, 2.75) is 26.4 Å². The van der Waals surface area contributed by atoms with Crippen molar-refractivity contribution in [1.82, 2.24) is 14.5 Å². The zero-order valence-corrected chi connectivity index (χ0v) is 14.2. The van der Waals surface area contributed by atoms with Crippen LogP contribution in [0.1, 0.15) is 19.4 Å². The van der Waals surface area contributed by atoms with Crippen LogP contribution in [0.5, 0.6) is 5.75 Å². The van der Waals surface area contributed by atoms with Crippen LogP contribution in [-0.2, 0) is 6.54 Å². The van der Waals surface area contributed by atoms with Crippen molar-refractivity contribution < 1.29 is 4.74 Å². The van der Waals surface area contributed by atoms with Crippen molar-refractivity contribution in [2.75, 3.05) is 19.1 Å². The van der Waals surface area contributed by atoms with Crippen molar-refractivity contribution in [1.29, 1.82) is 0 Å². The molecule has 3 rings (SSSR count). The first-order valence-electron chi connectivity index (χ1n) is 7.52. The lowest BCUT2D eigenvalue weighted by atomic mass is 10.2. The summed E-state index contributed by atoms with van der Waals surface area (Å²) in [7, 11) is 1.63. The summed E-state index contributed by atoms with van der Waals surface area (Å²) in [5.41, 5.74) is 1.45. The van der Waals surface area contributed by atoms with Gasteiger partial charge in [0.2, 0.25) is 0 Å². The van der Waals surface area contributed by atoms with Crippen LogP contribution in [0.2, 0.25) is 0 Å². The van der Waals surface area contributed by atoms with Crippen molar-refractivity contribution in [3.63, 3.8) is 0 Å². The topological polar surface area (TPSA) is 62.3 Å². The number of nitrogens with one attached hydrogen (secondary N) is 2. The van der Waals surface area contributed by atoms with Gasteiger partial charge in [0, 0.05) is 12.6 Å². The highest BCUT2D eigenvalue weighted by atomic mass is 32.1. The van der Waals surface area contributed by atoms with Crippen LogP contribution in [0, 0.1) is 4.77 Å². The van der Waals surface area contributed by atoms with Crippen LogP contribution < -0.4 is 15.6 Å². The molecule has 7 heteroatoms. The van der Waals surface area contributed by atoms with Crippen LogP contribution in [0.25, 0.3) is 5.69 Å². The number of fused-ring (bicyclic) bond motifs is 1. The number of aromatic nitrogens is 2. The average molecular weight is 332 g/mol. The molecular formula is C16H20N4O2S. The van der Waals surface area contributed by atoms with Crippen LogP contribution in [0.3, 0.4) is 0 Å². The summed E-state index contributed by atoms with van der Waals surface area (Å²) >= 11 is 5.37. The predicted octanol–water partition coefficient (Wildman–Crippen LogP) is 2.50. The Hall–Kier alpha value is -2.12. The number of nitrogens with zero attached hydrogens (tertiary/aromatic N) is 2. The number of rotatable bonds is 3. The van der Waals surface area contributed by atoms with Gasteiger partial charge in [-0.15, -0.1) is 0 Å². The van der Waals surface area contributed by atoms with Crippen LogP contribution in [0.4, 0.5) is 5.82 Å². The minimum atomic E-state index is -0.132. The number of methoxy groups -OCH3 is 1. The second kappa shape index (κ2) is 6.17. The number of aromatic amines is 1. The number of benzene rings is 1. The van der Waals surface area contributed by atoms with Crippen molar-refractivity contribution >= 4 is 18.0 Å². The van der Waals surface area contributed by atoms with Gasteiger partial charge in [0.25, 0.3) is 5.56 Å². The van der Waals surface area contributed by atoms with Crippen molar-refractivity contribution in [3.8, 4) is 11.4 Å². The summed E-state index contributed by atoms with van der Waals surface area (Å²) in [4.78, 5) is 17.3. The lowest BCUT2D eigenvalue weighted by Crippen LogP contribution is -2.42. The van der Waals surface area contributed by atoms with Gasteiger partial charge in [0.05, 0.1) is 25.0 Å². The van der Waals surface area contributed by atoms with Gasteiger partial charge in [0.1, 0.15) is 11.6 Å². The molecular weight excluding hydrogens is 312 g/mol. The molecule has 0 saturated carbocycles. The second-order valence-electron chi connectivity index (χ2n) is 5.80. The first-order chi connectivity index (χ1) is 11.0. The standard InChI is InChI=1S/C16H20N4O2S/c1-10(2)19-8-13-14(17-9-19)20(16(23)18-15(13)21)11-4-6-12(22-3)7-5-11/h4-7,10,17H,8-9H2,1-3H3,(H,18,21,23). The molecule has 2 aromatic rings. The van der Waals surface area contributed by atoms with E-state index in [1.165, 1.54) is 0 Å². The van der Waals surface area contributed by atoms with Crippen molar-refractivity contribution in [3.05, 3.63) is 45.0 Å². The summed E-state index contributed by atoms with van der Waals surface area (Å²) in [6, 6.07) is 7.94. The van der Waals surface area contributed by atoms with Gasteiger partial charge in [-0.1, -0.05) is 0 Å². The van der Waals surface area contributed by atoms with Gasteiger partial charge in [-0.25, -0.2) is 0 Å². The van der Waals surface area contributed by atoms with Gasteiger partial charge in [-0.2, -0.15) is 0 Å². The van der Waals surface area contributed by atoms with E-state index in [1.807, 2.05) is 28.8 Å². The number of anilines is 1. The second-order valence-corrected chi connectivity index (χ2v) is 6.18. The van der Waals surface area contributed by atoms with Gasteiger partial charge < -0.3 is 10.1 Å². The third-order valence-electron chi connectivity index (χ3n) is 4.08. The van der Waals surface area contributed by atoms with Crippen LogP contribution in [-0.4, -0.2) is 34.3 Å². The molecule has 1 aromatic carbocycles. The summed E-state index contributed by atoms with van der Waals surface area (Å²) < 4.78 is 7.44. The Balaban J connectivity index is 2.13. The fourth-order valence-corrected chi connectivity index (χ4v) is 2.97. The Morgan fingerprint density at radius 1 is 1.26 bits per heavy atom. The molecule has 2 N–H and O–H groups in total. The minimum absolute atomic E-state index is 0.132. The number of ether oxygens (including phenoxy) is 1. The van der Waals surface area contributed by atoms with E-state index in [0.29, 0.717) is 29.6 Å². The van der Waals surface area contributed by atoms with E-state index in [0.717, 1.165) is 17.3 Å². The molecule has 0 saturated heterocycles. The summed E-state index contributed by atoms with van der Waals surface area (Å²) in [5, 5.41) is 3.34. The smallest absolute Gasteiger partial charge is 0.258 e. The normalized spacial score (nSPS) is 14.4. The fourth-order valence-electron chi connectivity index (χ4n) is 2.68. The third-order valence-corrected chi connectivity index (χ3v) is 4.36. The van der Waals surface area contributed by atoms with Gasteiger partial charge in [-0.3, -0.25) is 19.2 Å². The predicted molar refractivity (Wildman–Crippen MR) is 92.9 cm³/mol. The fraction of sp³-hybridized carbons (Fsp3) is 0.375. The minimum Gasteiger partial charge on any atom is -0.497 e. The van der Waals surface area contributed by atoms with Crippen LogP contribution in [0.15, 0.2) is 29.1 Å². The quantitative estimate of drug-likeness (QED) is 0.846. The molecule has 0 radical (unpaired) electrons. The lowest BCUT2D eigenvalue weighted by molar-refractivity contribution is 0.219. The maximum atomic E-state index is 12.3. The molecule has 1 aliphatic rings. The monoisotopic (exact) mass is 332 g/mol. The zero-order valence-electron chi connectivity index (χ0n) is 13.4. The highest BCUT2D eigenvalue weighted by Gasteiger charge is 2.23. The molecule has 23 heavy (non-hydrogen) atoms. The summed E-state index contributed by atoms with van der Waals surface area (Å²) in [5.74, 6) is 1.54. The first kappa shape index (κ1) is 15.8. The van der Waals surface area contributed by atoms with E-state index >= 15 is 0 Å². The lowest BCUT2D eigenvalue weighted by Gasteiger charge is -2.33. The maximum absolute atomic E-state index is 12.3. The molecule has 0 fully saturated rings. The molecule has 1 aromatic heterocycles. The first-order valence-corrected chi connectivity index (χ1v) is 7.92. The molecule has 0 spiro atoms. The van der Waals surface area contributed by atoms with Gasteiger partial charge in [0.15, 0.2) is 4.77 Å². The van der Waals surface area contributed by atoms with E-state index in [9.17, 15) is 4.79 Å². The molecule has 2 heterocycles. The highest BCUT2D eigenvalue weighted by Crippen LogP contribution is 2.25. The Morgan fingerprint density at radius 2 is 1.96 bits per heavy atom. The van der Waals surface area contributed by atoms with Crippen molar-refractivity contribution in [2.24, 2.45) is 0 Å². The zero-order chi connectivity index (χ0) is 16.6. The Kier molecular flexibility index (Phi) is 4.23. The van der Waals surface area contributed by atoms with Gasteiger partial charge >= 0.3 is 0 Å². The molecule has 6 nitrogen and oxygen atoms in total. The summed E-state index contributed by atoms with van der Waals surface area (Å²) in [6.07, 6.45) is 0. The highest BCUT2D eigenvalue weighted by molar-refractivity contribution is 7.71. The third kappa shape index (κ3) is 2.89. The molecule has 0 amide bonds. The average Bonchev–Trinajstić information content (AvgIpc) is 2.55. The molecule has 0 aliphatic carbocycles. The molecule has 0 atom stereocenters. The molecule has 0 unspecified atom stereocenters. The maximum Gasteiger partial charge on any atom is 0.258 e. The Labute approximate surface area is 139 Å². The Morgan fingerprint density at radius 3 is 2.57 bits per heavy atom. The number of hydrogen-bond acceptors (Lipinski definition) is 5.